The van der Waals surface area contributed by atoms with Crippen molar-refractivity contribution in [3.05, 3.63) is 0 Å². The molecule has 0 aromatic heterocycles. The summed E-state index contributed by atoms with van der Waals surface area (Å²) in [5.74, 6) is 1.63. The molecule has 0 amide bonds. The molecule has 14 heavy (non-hydrogen) atoms. The Morgan fingerprint density at radius 2 is 2.07 bits per heavy atom. The maximum absolute atomic E-state index is 5.57. The minimum absolute atomic E-state index is 0.500. The molecule has 0 N–H and O–H groups in total. The van der Waals surface area contributed by atoms with E-state index in [9.17, 15) is 0 Å². The maximum Gasteiger partial charge on any atom is 0.0611 e. The average Bonchev–Trinajstić information content (AvgIpc) is 2.18. The van der Waals surface area contributed by atoms with Crippen molar-refractivity contribution in [1.29, 1.82) is 0 Å². The summed E-state index contributed by atoms with van der Waals surface area (Å²) in [4.78, 5) is 2.40. The minimum Gasteiger partial charge on any atom is -0.381 e. The Hall–Kier alpha value is -0.0800. The molecule has 0 aromatic rings. The van der Waals surface area contributed by atoms with Gasteiger partial charge in [-0.05, 0) is 44.7 Å². The van der Waals surface area contributed by atoms with Gasteiger partial charge >= 0.3 is 0 Å². The second-order valence-corrected chi connectivity index (χ2v) is 4.81. The van der Waals surface area contributed by atoms with Gasteiger partial charge in [-0.15, -0.1) is 0 Å². The molecule has 3 unspecified atom stereocenters. The lowest BCUT2D eigenvalue weighted by atomic mass is 9.80. The van der Waals surface area contributed by atoms with E-state index in [-0.39, 0.29) is 0 Å². The molecule has 0 bridgehead atoms. The van der Waals surface area contributed by atoms with E-state index in [1.54, 1.807) is 0 Å². The molecule has 2 heteroatoms. The molecule has 84 valence electrons. The number of ether oxygens (including phenoxy) is 1. The number of nitrogens with zero attached hydrogens (tertiary/aromatic N) is 1. The fourth-order valence-corrected chi connectivity index (χ4v) is 2.50. The highest BCUT2D eigenvalue weighted by molar-refractivity contribution is 4.80. The average molecular weight is 199 g/mol. The third-order valence-corrected chi connectivity index (χ3v) is 3.56. The van der Waals surface area contributed by atoms with Crippen molar-refractivity contribution < 1.29 is 4.74 Å². The summed E-state index contributed by atoms with van der Waals surface area (Å²) in [5, 5.41) is 0. The van der Waals surface area contributed by atoms with Gasteiger partial charge in [0.25, 0.3) is 0 Å². The normalized spacial score (nSPS) is 33.6. The summed E-state index contributed by atoms with van der Waals surface area (Å²) in [6, 6.07) is 0. The Bertz CT molecular complexity index is 160. The quantitative estimate of drug-likeness (QED) is 0.689. The van der Waals surface area contributed by atoms with Gasteiger partial charge in [0.1, 0.15) is 0 Å². The van der Waals surface area contributed by atoms with Crippen LogP contribution in [0.3, 0.4) is 0 Å². The van der Waals surface area contributed by atoms with Crippen LogP contribution in [0.2, 0.25) is 0 Å². The van der Waals surface area contributed by atoms with Gasteiger partial charge in [-0.25, -0.2) is 0 Å². The van der Waals surface area contributed by atoms with Crippen LogP contribution in [0.5, 0.6) is 0 Å². The zero-order valence-corrected chi connectivity index (χ0v) is 10.1. The Labute approximate surface area is 88.6 Å². The Balaban J connectivity index is 2.44. The first kappa shape index (κ1) is 12.0. The predicted octanol–water partition coefficient (Wildman–Crippen LogP) is 2.39. The van der Waals surface area contributed by atoms with Gasteiger partial charge in [-0.1, -0.05) is 13.8 Å². The summed E-state index contributed by atoms with van der Waals surface area (Å²) in [6.07, 6.45) is 4.42. The highest BCUT2D eigenvalue weighted by atomic mass is 16.5. The highest BCUT2D eigenvalue weighted by Gasteiger charge is 2.28. The van der Waals surface area contributed by atoms with Crippen LogP contribution in [0.4, 0.5) is 0 Å². The monoisotopic (exact) mass is 199 g/mol. The fraction of sp³-hybridized carbons (Fsp3) is 1.00. The smallest absolute Gasteiger partial charge is 0.0611 e. The van der Waals surface area contributed by atoms with Crippen LogP contribution in [0.1, 0.15) is 33.1 Å². The summed E-state index contributed by atoms with van der Waals surface area (Å²) >= 11 is 0. The van der Waals surface area contributed by atoms with Crippen molar-refractivity contribution >= 4 is 0 Å². The molecule has 0 aliphatic heterocycles. The SMILES string of the molecule is CCN(C)CC1CC(C)CCC1OC. The third-order valence-electron chi connectivity index (χ3n) is 3.56. The van der Waals surface area contributed by atoms with E-state index in [2.05, 4.69) is 25.8 Å². The molecule has 1 rings (SSSR count). The topological polar surface area (TPSA) is 12.5 Å². The van der Waals surface area contributed by atoms with E-state index < -0.39 is 0 Å². The second-order valence-electron chi connectivity index (χ2n) is 4.81. The molecular weight excluding hydrogens is 174 g/mol. The Kier molecular flexibility index (Phi) is 4.90. The van der Waals surface area contributed by atoms with E-state index in [4.69, 9.17) is 4.74 Å². The van der Waals surface area contributed by atoms with Crippen LogP contribution >= 0.6 is 0 Å². The summed E-state index contributed by atoms with van der Waals surface area (Å²) in [7, 11) is 4.06. The number of methoxy groups -OCH3 is 1. The molecule has 2 nitrogen and oxygen atoms in total. The van der Waals surface area contributed by atoms with Gasteiger partial charge in [0, 0.05) is 13.7 Å². The summed E-state index contributed by atoms with van der Waals surface area (Å²) in [5.41, 5.74) is 0. The summed E-state index contributed by atoms with van der Waals surface area (Å²) < 4.78 is 5.57. The molecule has 1 fully saturated rings. The van der Waals surface area contributed by atoms with Crippen molar-refractivity contribution in [2.24, 2.45) is 11.8 Å². The maximum atomic E-state index is 5.57. The molecule has 3 atom stereocenters. The van der Waals surface area contributed by atoms with Crippen molar-refractivity contribution in [2.75, 3.05) is 27.2 Å². The van der Waals surface area contributed by atoms with Crippen LogP contribution in [0.15, 0.2) is 0 Å². The van der Waals surface area contributed by atoms with E-state index in [0.717, 1.165) is 18.4 Å². The van der Waals surface area contributed by atoms with E-state index in [1.165, 1.54) is 25.8 Å². The Morgan fingerprint density at radius 1 is 1.36 bits per heavy atom. The van der Waals surface area contributed by atoms with Crippen LogP contribution in [-0.4, -0.2) is 38.3 Å². The van der Waals surface area contributed by atoms with Gasteiger partial charge in [-0.2, -0.15) is 0 Å². The van der Waals surface area contributed by atoms with Crippen molar-refractivity contribution in [3.8, 4) is 0 Å². The molecule has 1 aliphatic rings. The lowest BCUT2D eigenvalue weighted by Gasteiger charge is -2.36. The van der Waals surface area contributed by atoms with Crippen LogP contribution in [-0.2, 0) is 4.74 Å². The van der Waals surface area contributed by atoms with Crippen molar-refractivity contribution in [3.63, 3.8) is 0 Å². The predicted molar refractivity (Wildman–Crippen MR) is 60.5 cm³/mol. The fourth-order valence-electron chi connectivity index (χ4n) is 2.50. The van der Waals surface area contributed by atoms with Gasteiger partial charge in [0.2, 0.25) is 0 Å². The van der Waals surface area contributed by atoms with Gasteiger partial charge in [0.05, 0.1) is 6.10 Å². The molecule has 0 radical (unpaired) electrons. The first-order valence-corrected chi connectivity index (χ1v) is 5.88. The van der Waals surface area contributed by atoms with E-state index in [0.29, 0.717) is 6.10 Å². The lowest BCUT2D eigenvalue weighted by molar-refractivity contribution is -0.000498. The van der Waals surface area contributed by atoms with Crippen molar-refractivity contribution in [2.45, 2.75) is 39.2 Å². The van der Waals surface area contributed by atoms with E-state index >= 15 is 0 Å². The van der Waals surface area contributed by atoms with Crippen LogP contribution < -0.4 is 0 Å². The molecule has 0 spiro atoms. The van der Waals surface area contributed by atoms with Crippen LogP contribution in [0.25, 0.3) is 0 Å². The molecule has 0 aromatic carbocycles. The van der Waals surface area contributed by atoms with Crippen LogP contribution in [0, 0.1) is 11.8 Å². The Morgan fingerprint density at radius 3 is 2.64 bits per heavy atom. The number of rotatable bonds is 4. The number of hydrogen-bond acceptors (Lipinski definition) is 2. The molecular formula is C12H25NO. The first-order valence-electron chi connectivity index (χ1n) is 5.88. The molecule has 0 saturated heterocycles. The molecule has 1 aliphatic carbocycles. The van der Waals surface area contributed by atoms with Crippen molar-refractivity contribution in [1.82, 2.24) is 4.90 Å². The summed E-state index contributed by atoms with van der Waals surface area (Å²) in [6.45, 7) is 6.92. The van der Waals surface area contributed by atoms with Gasteiger partial charge < -0.3 is 9.64 Å². The highest BCUT2D eigenvalue weighted by Crippen LogP contribution is 2.31. The lowest BCUT2D eigenvalue weighted by Crippen LogP contribution is -2.38. The molecule has 1 saturated carbocycles. The zero-order chi connectivity index (χ0) is 10.6. The first-order chi connectivity index (χ1) is 6.67. The van der Waals surface area contributed by atoms with Gasteiger partial charge in [-0.3, -0.25) is 0 Å². The van der Waals surface area contributed by atoms with E-state index in [1.807, 2.05) is 7.11 Å². The number of hydrogen-bond donors (Lipinski definition) is 0. The van der Waals surface area contributed by atoms with Gasteiger partial charge in [0.15, 0.2) is 0 Å². The minimum atomic E-state index is 0.500. The molecule has 0 heterocycles. The second kappa shape index (κ2) is 5.72. The standard InChI is InChI=1S/C12H25NO/c1-5-13(3)9-11-8-10(2)6-7-12(11)14-4/h10-12H,5-9H2,1-4H3. The third kappa shape index (κ3) is 3.25. The largest absolute Gasteiger partial charge is 0.381 e. The zero-order valence-electron chi connectivity index (χ0n) is 10.1.